The fourth-order valence-corrected chi connectivity index (χ4v) is 5.15. The lowest BCUT2D eigenvalue weighted by molar-refractivity contribution is 0.0698. The molecule has 0 unspecified atom stereocenters. The molecule has 6 rings (SSSR count). The summed E-state index contributed by atoms with van der Waals surface area (Å²) in [5.74, 6) is -0.273. The van der Waals surface area contributed by atoms with Gasteiger partial charge in [-0.1, -0.05) is 36.4 Å². The van der Waals surface area contributed by atoms with Crippen molar-refractivity contribution in [2.75, 3.05) is 10.2 Å². The van der Waals surface area contributed by atoms with Crippen LogP contribution in [0, 0.1) is 11.3 Å². The van der Waals surface area contributed by atoms with Gasteiger partial charge in [0.1, 0.15) is 11.7 Å². The highest BCUT2D eigenvalue weighted by Crippen LogP contribution is 2.41. The van der Waals surface area contributed by atoms with Crippen molar-refractivity contribution in [3.8, 4) is 6.07 Å². The number of nitrogens with zero attached hydrogens (tertiary/aromatic N) is 4. The number of rotatable bonds is 6. The average molecular weight is 492 g/mol. The van der Waals surface area contributed by atoms with Gasteiger partial charge in [-0.15, -0.1) is 0 Å². The van der Waals surface area contributed by atoms with Crippen molar-refractivity contribution in [2.45, 2.75) is 44.8 Å². The lowest BCUT2D eigenvalue weighted by Gasteiger charge is -2.22. The third-order valence-electron chi connectivity index (χ3n) is 7.25. The van der Waals surface area contributed by atoms with Gasteiger partial charge in [0.25, 0.3) is 5.56 Å². The predicted molar refractivity (Wildman–Crippen MR) is 140 cm³/mol. The first kappa shape index (κ1) is 22.8. The standard InChI is InChI=1S/C29H25N5O3/c1-17(31-25-9-5-4-8-22(25)29(36)37)23-12-21(18-10-11-18)16-34-27(23)32-26(24(13-30)28(34)35)33-14-19-6-2-3-7-20(19)15-33/h2-9,12,16-18,31H,10-11,14-15H2,1H3,(H,36,37)/t17-/m1/s1. The maximum Gasteiger partial charge on any atom is 0.337 e. The lowest BCUT2D eigenvalue weighted by atomic mass is 10.0. The van der Waals surface area contributed by atoms with Crippen molar-refractivity contribution >= 4 is 23.1 Å². The number of aromatic nitrogens is 2. The van der Waals surface area contributed by atoms with Gasteiger partial charge in [0.15, 0.2) is 11.4 Å². The molecule has 1 fully saturated rings. The highest BCUT2D eigenvalue weighted by atomic mass is 16.4. The highest BCUT2D eigenvalue weighted by molar-refractivity contribution is 5.94. The number of nitriles is 1. The normalized spacial score (nSPS) is 15.3. The first-order chi connectivity index (χ1) is 17.9. The number of anilines is 2. The third-order valence-corrected chi connectivity index (χ3v) is 7.25. The Kier molecular flexibility index (Phi) is 5.41. The number of nitrogens with one attached hydrogen (secondary N) is 1. The summed E-state index contributed by atoms with van der Waals surface area (Å²) in [6.45, 7) is 3.08. The van der Waals surface area contributed by atoms with E-state index in [1.807, 2.05) is 30.2 Å². The third kappa shape index (κ3) is 3.99. The zero-order valence-electron chi connectivity index (χ0n) is 20.3. The minimum atomic E-state index is -1.02. The quantitative estimate of drug-likeness (QED) is 0.397. The Morgan fingerprint density at radius 2 is 1.81 bits per heavy atom. The summed E-state index contributed by atoms with van der Waals surface area (Å²) in [5.41, 5.74) is 4.87. The van der Waals surface area contributed by atoms with Crippen LogP contribution >= 0.6 is 0 Å². The van der Waals surface area contributed by atoms with Crippen LogP contribution in [0.4, 0.5) is 11.5 Å². The summed E-state index contributed by atoms with van der Waals surface area (Å²) < 4.78 is 1.50. The Labute approximate surface area is 213 Å². The van der Waals surface area contributed by atoms with Crippen LogP contribution < -0.4 is 15.8 Å². The molecule has 4 aromatic rings. The van der Waals surface area contributed by atoms with E-state index in [4.69, 9.17) is 4.98 Å². The molecule has 2 N–H and O–H groups in total. The molecular weight excluding hydrogens is 466 g/mol. The number of pyridine rings is 1. The molecule has 2 aromatic carbocycles. The minimum Gasteiger partial charge on any atom is -0.478 e. The molecule has 0 bridgehead atoms. The summed E-state index contributed by atoms with van der Waals surface area (Å²) in [5, 5.41) is 22.9. The molecule has 1 saturated carbocycles. The number of aromatic carboxylic acids is 1. The molecule has 3 heterocycles. The maximum absolute atomic E-state index is 13.7. The molecule has 0 spiro atoms. The van der Waals surface area contributed by atoms with E-state index in [9.17, 15) is 20.0 Å². The van der Waals surface area contributed by atoms with Crippen LogP contribution in [0.3, 0.4) is 0 Å². The average Bonchev–Trinajstić information content (AvgIpc) is 3.66. The minimum absolute atomic E-state index is 0.0287. The SMILES string of the molecule is C[C@@H](Nc1ccccc1C(=O)O)c1cc(C2CC2)cn2c(=O)c(C#N)c(N3Cc4ccccc4C3)nc12. The number of benzene rings is 2. The van der Waals surface area contributed by atoms with Crippen molar-refractivity contribution in [2.24, 2.45) is 0 Å². The van der Waals surface area contributed by atoms with Gasteiger partial charge in [-0.05, 0) is 60.6 Å². The number of para-hydroxylation sites is 1. The number of carboxylic acid groups (broad SMARTS) is 1. The molecule has 1 aliphatic heterocycles. The zero-order valence-corrected chi connectivity index (χ0v) is 20.3. The van der Waals surface area contributed by atoms with E-state index < -0.39 is 5.97 Å². The molecule has 2 aromatic heterocycles. The van der Waals surface area contributed by atoms with E-state index >= 15 is 0 Å². The number of carbonyl (C=O) groups is 1. The van der Waals surface area contributed by atoms with E-state index in [0.717, 1.165) is 35.1 Å². The van der Waals surface area contributed by atoms with Gasteiger partial charge in [-0.25, -0.2) is 9.78 Å². The Morgan fingerprint density at radius 3 is 2.46 bits per heavy atom. The molecule has 0 radical (unpaired) electrons. The van der Waals surface area contributed by atoms with Crippen molar-refractivity contribution in [3.63, 3.8) is 0 Å². The zero-order chi connectivity index (χ0) is 25.7. The van der Waals surface area contributed by atoms with Crippen LogP contribution in [-0.2, 0) is 13.1 Å². The summed E-state index contributed by atoms with van der Waals surface area (Å²) in [7, 11) is 0. The van der Waals surface area contributed by atoms with Crippen LogP contribution in [0.5, 0.6) is 0 Å². The summed E-state index contributed by atoms with van der Waals surface area (Å²) in [6, 6.07) is 18.7. The van der Waals surface area contributed by atoms with Gasteiger partial charge in [0.05, 0.1) is 11.6 Å². The van der Waals surface area contributed by atoms with Crippen LogP contribution in [-0.4, -0.2) is 20.5 Å². The first-order valence-electron chi connectivity index (χ1n) is 12.4. The first-order valence-corrected chi connectivity index (χ1v) is 12.4. The van der Waals surface area contributed by atoms with Crippen LogP contribution in [0.2, 0.25) is 0 Å². The Hall–Kier alpha value is -4.64. The van der Waals surface area contributed by atoms with Gasteiger partial charge in [-0.3, -0.25) is 9.20 Å². The van der Waals surface area contributed by atoms with E-state index in [-0.39, 0.29) is 22.7 Å². The fourth-order valence-electron chi connectivity index (χ4n) is 5.15. The Morgan fingerprint density at radius 1 is 1.14 bits per heavy atom. The molecule has 8 heteroatoms. The Balaban J connectivity index is 1.50. The molecule has 0 saturated heterocycles. The number of carboxylic acids is 1. The number of hydrogen-bond donors (Lipinski definition) is 2. The fraction of sp³-hybridized carbons (Fsp3) is 0.241. The molecule has 37 heavy (non-hydrogen) atoms. The van der Waals surface area contributed by atoms with Crippen molar-refractivity contribution in [3.05, 3.63) is 105 Å². The smallest absolute Gasteiger partial charge is 0.337 e. The van der Waals surface area contributed by atoms with Gasteiger partial charge in [0, 0.05) is 30.5 Å². The van der Waals surface area contributed by atoms with Crippen molar-refractivity contribution < 1.29 is 9.90 Å². The van der Waals surface area contributed by atoms with Gasteiger partial charge in [0.2, 0.25) is 0 Å². The molecule has 2 aliphatic rings. The molecule has 0 amide bonds. The summed E-state index contributed by atoms with van der Waals surface area (Å²) in [6.07, 6.45) is 3.91. The van der Waals surface area contributed by atoms with Crippen LogP contribution in [0.15, 0.2) is 65.6 Å². The van der Waals surface area contributed by atoms with Crippen LogP contribution in [0.25, 0.3) is 5.65 Å². The van der Waals surface area contributed by atoms with Gasteiger partial charge in [-0.2, -0.15) is 5.26 Å². The van der Waals surface area contributed by atoms with E-state index in [1.165, 1.54) is 4.40 Å². The number of fused-ring (bicyclic) bond motifs is 2. The monoisotopic (exact) mass is 491 g/mol. The van der Waals surface area contributed by atoms with Gasteiger partial charge < -0.3 is 15.3 Å². The Bertz CT molecular complexity index is 1640. The lowest BCUT2D eigenvalue weighted by Crippen LogP contribution is -2.27. The summed E-state index contributed by atoms with van der Waals surface area (Å²) >= 11 is 0. The molecule has 8 nitrogen and oxygen atoms in total. The van der Waals surface area contributed by atoms with Crippen LogP contribution in [0.1, 0.15) is 69.9 Å². The molecule has 184 valence electrons. The van der Waals surface area contributed by atoms with E-state index in [1.54, 1.807) is 24.3 Å². The summed E-state index contributed by atoms with van der Waals surface area (Å²) in [4.78, 5) is 32.3. The van der Waals surface area contributed by atoms with Crippen molar-refractivity contribution in [1.29, 1.82) is 5.26 Å². The second-order valence-electron chi connectivity index (χ2n) is 9.77. The molecule has 1 aliphatic carbocycles. The van der Waals surface area contributed by atoms with E-state index in [0.29, 0.717) is 36.2 Å². The molecule has 1 atom stereocenters. The number of hydrogen-bond acceptors (Lipinski definition) is 6. The topological polar surface area (TPSA) is 111 Å². The van der Waals surface area contributed by atoms with Crippen molar-refractivity contribution in [1.82, 2.24) is 9.38 Å². The highest BCUT2D eigenvalue weighted by Gasteiger charge is 2.29. The maximum atomic E-state index is 13.7. The predicted octanol–water partition coefficient (Wildman–Crippen LogP) is 4.84. The van der Waals surface area contributed by atoms with Gasteiger partial charge >= 0.3 is 5.97 Å². The second kappa shape index (κ2) is 8.79. The second-order valence-corrected chi connectivity index (χ2v) is 9.77. The van der Waals surface area contributed by atoms with E-state index in [2.05, 4.69) is 29.6 Å². The molecular formula is C29H25N5O3. The largest absolute Gasteiger partial charge is 0.478 e.